The van der Waals surface area contributed by atoms with Crippen molar-refractivity contribution in [1.82, 2.24) is 15.0 Å². The molecule has 0 aliphatic rings. The molecule has 11 heteroatoms. The molecule has 0 unspecified atom stereocenters. The Bertz CT molecular complexity index is 535. The minimum absolute atomic E-state index is 0. The summed E-state index contributed by atoms with van der Waals surface area (Å²) in [6.07, 6.45) is 0. The van der Waals surface area contributed by atoms with Crippen LogP contribution in [0.25, 0.3) is 0 Å². The van der Waals surface area contributed by atoms with E-state index in [1.165, 1.54) is 12.6 Å². The van der Waals surface area contributed by atoms with Gasteiger partial charge in [0, 0.05) is 26.7 Å². The SMILES string of the molecule is COCCNCCNS(=O)(=O)c1scnc1C(=O)OC.Cl. The van der Waals surface area contributed by atoms with Crippen LogP contribution in [0.15, 0.2) is 9.72 Å². The van der Waals surface area contributed by atoms with Gasteiger partial charge in [-0.25, -0.2) is 22.9 Å². The Morgan fingerprint density at radius 1 is 1.33 bits per heavy atom. The summed E-state index contributed by atoms with van der Waals surface area (Å²) >= 11 is 0.869. The molecule has 21 heavy (non-hydrogen) atoms. The summed E-state index contributed by atoms with van der Waals surface area (Å²) < 4.78 is 35.6. The number of nitrogens with one attached hydrogen (secondary N) is 2. The molecule has 0 saturated carbocycles. The topological polar surface area (TPSA) is 107 Å². The summed E-state index contributed by atoms with van der Waals surface area (Å²) in [6.45, 7) is 1.83. The molecule has 0 spiro atoms. The number of esters is 1. The number of rotatable bonds is 9. The lowest BCUT2D eigenvalue weighted by molar-refractivity contribution is 0.0590. The molecule has 0 aromatic carbocycles. The Balaban J connectivity index is 0.00000400. The molecule has 0 saturated heterocycles. The summed E-state index contributed by atoms with van der Waals surface area (Å²) in [7, 11) is -1.00. The van der Waals surface area contributed by atoms with Gasteiger partial charge in [-0.05, 0) is 0 Å². The van der Waals surface area contributed by atoms with Crippen molar-refractivity contribution in [3.8, 4) is 0 Å². The molecule has 1 aromatic heterocycles. The van der Waals surface area contributed by atoms with Gasteiger partial charge in [-0.15, -0.1) is 23.7 Å². The van der Waals surface area contributed by atoms with Gasteiger partial charge < -0.3 is 14.8 Å². The second kappa shape index (κ2) is 10.0. The molecule has 1 heterocycles. The van der Waals surface area contributed by atoms with E-state index in [4.69, 9.17) is 4.74 Å². The third kappa shape index (κ3) is 6.24. The number of aromatic nitrogens is 1. The van der Waals surface area contributed by atoms with Gasteiger partial charge >= 0.3 is 5.97 Å². The lowest BCUT2D eigenvalue weighted by atomic mass is 10.5. The monoisotopic (exact) mass is 359 g/mol. The average Bonchev–Trinajstić information content (AvgIpc) is 2.92. The van der Waals surface area contributed by atoms with Gasteiger partial charge in [0.25, 0.3) is 10.0 Å². The fourth-order valence-electron chi connectivity index (χ4n) is 1.30. The molecule has 0 radical (unpaired) electrons. The van der Waals surface area contributed by atoms with Crippen molar-refractivity contribution in [3.63, 3.8) is 0 Å². The van der Waals surface area contributed by atoms with Crippen LogP contribution in [0.5, 0.6) is 0 Å². The summed E-state index contributed by atoms with van der Waals surface area (Å²) in [4.78, 5) is 15.1. The molecule has 8 nitrogen and oxygen atoms in total. The largest absolute Gasteiger partial charge is 0.464 e. The van der Waals surface area contributed by atoms with Gasteiger partial charge in [-0.2, -0.15) is 0 Å². The summed E-state index contributed by atoms with van der Waals surface area (Å²) in [5.41, 5.74) is 1.09. The number of halogens is 1. The first kappa shape index (κ1) is 20.2. The van der Waals surface area contributed by atoms with Gasteiger partial charge in [0.1, 0.15) is 0 Å². The lowest BCUT2D eigenvalue weighted by Crippen LogP contribution is -2.33. The number of carbonyl (C=O) groups is 1. The van der Waals surface area contributed by atoms with Gasteiger partial charge in [0.15, 0.2) is 9.90 Å². The Labute approximate surface area is 133 Å². The number of hydrogen-bond acceptors (Lipinski definition) is 8. The highest BCUT2D eigenvalue weighted by atomic mass is 35.5. The first-order chi connectivity index (χ1) is 9.53. The molecule has 0 bridgehead atoms. The maximum atomic E-state index is 12.0. The van der Waals surface area contributed by atoms with Crippen LogP contribution in [0.4, 0.5) is 0 Å². The number of carbonyl (C=O) groups excluding carboxylic acids is 1. The summed E-state index contributed by atoms with van der Waals surface area (Å²) in [5, 5.41) is 3.00. The fourth-order valence-corrected chi connectivity index (χ4v) is 3.50. The Morgan fingerprint density at radius 3 is 2.67 bits per heavy atom. The van der Waals surface area contributed by atoms with Crippen molar-refractivity contribution in [3.05, 3.63) is 11.2 Å². The van der Waals surface area contributed by atoms with E-state index in [0.717, 1.165) is 11.3 Å². The average molecular weight is 360 g/mol. The predicted octanol–water partition coefficient (Wildman–Crippen LogP) is -0.134. The maximum Gasteiger partial charge on any atom is 0.358 e. The molecule has 1 rings (SSSR count). The molecular weight excluding hydrogens is 342 g/mol. The zero-order valence-electron chi connectivity index (χ0n) is 11.6. The predicted molar refractivity (Wildman–Crippen MR) is 80.6 cm³/mol. The Morgan fingerprint density at radius 2 is 2.05 bits per heavy atom. The van der Waals surface area contributed by atoms with Crippen molar-refractivity contribution in [2.24, 2.45) is 0 Å². The van der Waals surface area contributed by atoms with E-state index in [1.54, 1.807) is 7.11 Å². The minimum atomic E-state index is -3.76. The van der Waals surface area contributed by atoms with Crippen LogP contribution in [-0.2, 0) is 19.5 Å². The van der Waals surface area contributed by atoms with Crippen molar-refractivity contribution < 1.29 is 22.7 Å². The third-order valence-corrected chi connectivity index (χ3v) is 5.07. The first-order valence-corrected chi connectivity index (χ1v) is 8.10. The molecular formula is C10H18ClN3O5S2. The van der Waals surface area contributed by atoms with Crippen molar-refractivity contribution in [2.75, 3.05) is 40.5 Å². The molecule has 0 amide bonds. The maximum absolute atomic E-state index is 12.0. The van der Waals surface area contributed by atoms with Gasteiger partial charge in [-0.1, -0.05) is 0 Å². The van der Waals surface area contributed by atoms with Gasteiger partial charge in [0.2, 0.25) is 0 Å². The van der Waals surface area contributed by atoms with E-state index in [-0.39, 0.29) is 28.9 Å². The van der Waals surface area contributed by atoms with Gasteiger partial charge in [0.05, 0.1) is 19.2 Å². The number of hydrogen-bond donors (Lipinski definition) is 2. The van der Waals surface area contributed by atoms with Crippen LogP contribution in [-0.4, -0.2) is 59.8 Å². The molecule has 2 N–H and O–H groups in total. The molecule has 0 aliphatic carbocycles. The molecule has 0 atom stereocenters. The van der Waals surface area contributed by atoms with Crippen LogP contribution in [0.1, 0.15) is 10.5 Å². The first-order valence-electron chi connectivity index (χ1n) is 5.74. The molecule has 0 aliphatic heterocycles. The van der Waals surface area contributed by atoms with Crippen LogP contribution in [0.2, 0.25) is 0 Å². The van der Waals surface area contributed by atoms with Crippen molar-refractivity contribution in [2.45, 2.75) is 4.21 Å². The highest BCUT2D eigenvalue weighted by Crippen LogP contribution is 2.20. The number of methoxy groups -OCH3 is 2. The fraction of sp³-hybridized carbons (Fsp3) is 0.600. The normalized spacial score (nSPS) is 11.0. The Kier molecular flexibility index (Phi) is 9.66. The smallest absolute Gasteiger partial charge is 0.358 e. The van der Waals surface area contributed by atoms with E-state index in [0.29, 0.717) is 19.7 Å². The van der Waals surface area contributed by atoms with Crippen LogP contribution >= 0.6 is 23.7 Å². The second-order valence-electron chi connectivity index (χ2n) is 3.62. The zero-order valence-corrected chi connectivity index (χ0v) is 14.1. The number of ether oxygens (including phenoxy) is 2. The standard InChI is InChI=1S/C10H17N3O5S2.ClH/c1-17-6-5-11-3-4-13-20(15,16)10-8(9(14)18-2)12-7-19-10;/h7,11,13H,3-6H2,1-2H3;1H. The van der Waals surface area contributed by atoms with E-state index in [2.05, 4.69) is 19.8 Å². The molecule has 1 aromatic rings. The number of thiazole rings is 1. The number of nitrogens with zero attached hydrogens (tertiary/aromatic N) is 1. The molecule has 0 fully saturated rings. The van der Waals surface area contributed by atoms with Crippen LogP contribution < -0.4 is 10.0 Å². The van der Waals surface area contributed by atoms with Crippen LogP contribution in [0.3, 0.4) is 0 Å². The zero-order chi connectivity index (χ0) is 15.0. The van der Waals surface area contributed by atoms with Gasteiger partial charge in [-0.3, -0.25) is 0 Å². The van der Waals surface area contributed by atoms with Crippen LogP contribution in [0, 0.1) is 0 Å². The van der Waals surface area contributed by atoms with E-state index in [9.17, 15) is 13.2 Å². The highest BCUT2D eigenvalue weighted by molar-refractivity contribution is 7.91. The van der Waals surface area contributed by atoms with Crippen molar-refractivity contribution in [1.29, 1.82) is 0 Å². The quantitative estimate of drug-likeness (QED) is 0.467. The minimum Gasteiger partial charge on any atom is -0.464 e. The summed E-state index contributed by atoms with van der Waals surface area (Å²) in [6, 6.07) is 0. The second-order valence-corrected chi connectivity index (χ2v) is 6.44. The van der Waals surface area contributed by atoms with E-state index < -0.39 is 16.0 Å². The van der Waals surface area contributed by atoms with E-state index >= 15 is 0 Å². The highest BCUT2D eigenvalue weighted by Gasteiger charge is 2.25. The third-order valence-electron chi connectivity index (χ3n) is 2.23. The molecule has 122 valence electrons. The summed E-state index contributed by atoms with van der Waals surface area (Å²) in [5.74, 6) is -0.773. The van der Waals surface area contributed by atoms with E-state index in [1.807, 2.05) is 0 Å². The van der Waals surface area contributed by atoms with Crippen molar-refractivity contribution >= 4 is 39.7 Å². The lowest BCUT2D eigenvalue weighted by Gasteiger charge is -2.07. The Hall–Kier alpha value is -0.780. The number of sulfonamides is 1.